The molecule has 0 nitrogen and oxygen atoms in total. The third kappa shape index (κ3) is 6.86. The monoisotopic (exact) mass is 182 g/mol. The van der Waals surface area contributed by atoms with E-state index in [1.165, 1.54) is 12.8 Å². The van der Waals surface area contributed by atoms with Crippen molar-refractivity contribution in [1.82, 2.24) is 0 Å². The van der Waals surface area contributed by atoms with Gasteiger partial charge in [0, 0.05) is 0 Å². The predicted molar refractivity (Wildman–Crippen MR) is 61.8 cm³/mol. The van der Waals surface area contributed by atoms with Crippen molar-refractivity contribution in [3.63, 3.8) is 0 Å². The number of allylic oxidation sites excluding steroid dienone is 1. The average molecular weight is 182 g/mol. The summed E-state index contributed by atoms with van der Waals surface area (Å²) in [6, 6.07) is 0. The molecule has 2 atom stereocenters. The molecule has 0 aromatic rings. The van der Waals surface area contributed by atoms with Crippen LogP contribution in [0, 0.1) is 17.3 Å². The fourth-order valence-electron chi connectivity index (χ4n) is 1.44. The van der Waals surface area contributed by atoms with Gasteiger partial charge in [0.05, 0.1) is 0 Å². The van der Waals surface area contributed by atoms with Crippen LogP contribution < -0.4 is 0 Å². The zero-order chi connectivity index (χ0) is 10.5. The van der Waals surface area contributed by atoms with Crippen molar-refractivity contribution in [2.45, 2.75) is 53.9 Å². The molecule has 78 valence electrons. The number of rotatable bonds is 5. The van der Waals surface area contributed by atoms with Crippen molar-refractivity contribution in [3.05, 3.63) is 12.7 Å². The van der Waals surface area contributed by atoms with Gasteiger partial charge in [-0.15, -0.1) is 6.58 Å². The summed E-state index contributed by atoms with van der Waals surface area (Å²) in [7, 11) is 0. The van der Waals surface area contributed by atoms with Gasteiger partial charge in [0.2, 0.25) is 0 Å². The third-order valence-electron chi connectivity index (χ3n) is 2.86. The third-order valence-corrected chi connectivity index (χ3v) is 2.86. The molecular formula is C13H26. The second-order valence-electron chi connectivity index (χ2n) is 5.58. The van der Waals surface area contributed by atoms with Gasteiger partial charge in [0.15, 0.2) is 0 Å². The van der Waals surface area contributed by atoms with Crippen LogP contribution in [0.2, 0.25) is 0 Å². The van der Waals surface area contributed by atoms with E-state index < -0.39 is 0 Å². The maximum absolute atomic E-state index is 3.79. The van der Waals surface area contributed by atoms with Crippen molar-refractivity contribution in [3.8, 4) is 0 Å². The van der Waals surface area contributed by atoms with Gasteiger partial charge in [0.1, 0.15) is 0 Å². The van der Waals surface area contributed by atoms with E-state index >= 15 is 0 Å². The molecule has 0 aromatic heterocycles. The van der Waals surface area contributed by atoms with E-state index in [2.05, 4.69) is 41.2 Å². The molecule has 0 N–H and O–H groups in total. The Morgan fingerprint density at radius 1 is 1.15 bits per heavy atom. The Bertz CT molecular complexity index is 139. The summed E-state index contributed by atoms with van der Waals surface area (Å²) in [6.07, 6.45) is 5.87. The lowest BCUT2D eigenvalue weighted by Crippen LogP contribution is -2.12. The summed E-state index contributed by atoms with van der Waals surface area (Å²) in [5, 5.41) is 0. The molecule has 0 heteroatoms. The Hall–Kier alpha value is -0.260. The van der Waals surface area contributed by atoms with E-state index in [1.54, 1.807) is 0 Å². The number of hydrogen-bond acceptors (Lipinski definition) is 0. The molecule has 0 rings (SSSR count). The van der Waals surface area contributed by atoms with Crippen LogP contribution >= 0.6 is 0 Å². The van der Waals surface area contributed by atoms with Crippen LogP contribution in [0.15, 0.2) is 12.7 Å². The highest BCUT2D eigenvalue weighted by Crippen LogP contribution is 2.27. The molecule has 0 aliphatic heterocycles. The lowest BCUT2D eigenvalue weighted by atomic mass is 9.82. The molecule has 0 saturated heterocycles. The Labute approximate surface area is 84.4 Å². The van der Waals surface area contributed by atoms with E-state index in [0.29, 0.717) is 5.41 Å². The summed E-state index contributed by atoms with van der Waals surface area (Å²) in [5.41, 5.74) is 0.488. The normalized spacial score (nSPS) is 16.7. The highest BCUT2D eigenvalue weighted by Gasteiger charge is 2.15. The lowest BCUT2D eigenvalue weighted by Gasteiger charge is -2.24. The van der Waals surface area contributed by atoms with Crippen LogP contribution in [0.25, 0.3) is 0 Å². The standard InChI is InChI=1S/C13H26/c1-7-8-11(2)12(3)9-10-13(4,5)6/h7,11-12H,1,8-10H2,2-6H3. The zero-order valence-electron chi connectivity index (χ0n) is 10.1. The molecule has 13 heavy (non-hydrogen) atoms. The first-order valence-corrected chi connectivity index (χ1v) is 5.47. The Kier molecular flexibility index (Phi) is 5.36. The summed E-state index contributed by atoms with van der Waals surface area (Å²) in [4.78, 5) is 0. The molecule has 0 aliphatic carbocycles. The van der Waals surface area contributed by atoms with Gasteiger partial charge >= 0.3 is 0 Å². The van der Waals surface area contributed by atoms with Gasteiger partial charge in [-0.1, -0.05) is 40.7 Å². The van der Waals surface area contributed by atoms with Crippen LogP contribution in [-0.2, 0) is 0 Å². The molecule has 0 amide bonds. The Balaban J connectivity index is 3.73. The SMILES string of the molecule is C=CCC(C)C(C)CCC(C)(C)C. The number of hydrogen-bond donors (Lipinski definition) is 0. The van der Waals surface area contributed by atoms with Gasteiger partial charge in [-0.25, -0.2) is 0 Å². The Morgan fingerprint density at radius 3 is 2.08 bits per heavy atom. The van der Waals surface area contributed by atoms with Crippen molar-refractivity contribution in [2.75, 3.05) is 0 Å². The molecule has 0 saturated carbocycles. The second-order valence-corrected chi connectivity index (χ2v) is 5.58. The largest absolute Gasteiger partial charge is 0.103 e. The van der Waals surface area contributed by atoms with E-state index in [4.69, 9.17) is 0 Å². The van der Waals surface area contributed by atoms with Crippen molar-refractivity contribution in [1.29, 1.82) is 0 Å². The molecule has 0 radical (unpaired) electrons. The highest BCUT2D eigenvalue weighted by molar-refractivity contribution is 4.75. The maximum Gasteiger partial charge on any atom is -0.0325 e. The van der Waals surface area contributed by atoms with Crippen LogP contribution in [0.5, 0.6) is 0 Å². The van der Waals surface area contributed by atoms with Gasteiger partial charge in [-0.2, -0.15) is 0 Å². The molecular weight excluding hydrogens is 156 g/mol. The van der Waals surface area contributed by atoms with Crippen LogP contribution in [0.3, 0.4) is 0 Å². The van der Waals surface area contributed by atoms with Gasteiger partial charge < -0.3 is 0 Å². The first-order valence-electron chi connectivity index (χ1n) is 5.47. The van der Waals surface area contributed by atoms with Crippen LogP contribution in [-0.4, -0.2) is 0 Å². The Morgan fingerprint density at radius 2 is 1.69 bits per heavy atom. The van der Waals surface area contributed by atoms with E-state index in [1.807, 2.05) is 6.08 Å². The highest BCUT2D eigenvalue weighted by atomic mass is 14.2. The molecule has 0 spiro atoms. The van der Waals surface area contributed by atoms with Gasteiger partial charge in [-0.05, 0) is 36.5 Å². The lowest BCUT2D eigenvalue weighted by molar-refractivity contribution is 0.285. The van der Waals surface area contributed by atoms with Crippen LogP contribution in [0.1, 0.15) is 53.9 Å². The minimum Gasteiger partial charge on any atom is -0.103 e. The van der Waals surface area contributed by atoms with E-state index in [9.17, 15) is 0 Å². The topological polar surface area (TPSA) is 0 Å². The smallest absolute Gasteiger partial charge is 0.0325 e. The molecule has 2 unspecified atom stereocenters. The molecule has 0 heterocycles. The van der Waals surface area contributed by atoms with Crippen molar-refractivity contribution >= 4 is 0 Å². The minimum atomic E-state index is 0.488. The predicted octanol–water partition coefficient (Wildman–Crippen LogP) is 4.66. The van der Waals surface area contributed by atoms with Crippen LogP contribution in [0.4, 0.5) is 0 Å². The zero-order valence-corrected chi connectivity index (χ0v) is 10.1. The molecule has 0 bridgehead atoms. The summed E-state index contributed by atoms with van der Waals surface area (Å²) < 4.78 is 0. The molecule has 0 aliphatic rings. The maximum atomic E-state index is 3.79. The summed E-state index contributed by atoms with van der Waals surface area (Å²) in [6.45, 7) is 15.4. The van der Waals surface area contributed by atoms with Gasteiger partial charge in [0.25, 0.3) is 0 Å². The van der Waals surface area contributed by atoms with E-state index in [0.717, 1.165) is 18.3 Å². The minimum absolute atomic E-state index is 0.488. The van der Waals surface area contributed by atoms with Crippen molar-refractivity contribution < 1.29 is 0 Å². The summed E-state index contributed by atoms with van der Waals surface area (Å²) >= 11 is 0. The van der Waals surface area contributed by atoms with E-state index in [-0.39, 0.29) is 0 Å². The summed E-state index contributed by atoms with van der Waals surface area (Å²) in [5.74, 6) is 1.62. The fourth-order valence-corrected chi connectivity index (χ4v) is 1.44. The van der Waals surface area contributed by atoms with Gasteiger partial charge in [-0.3, -0.25) is 0 Å². The van der Waals surface area contributed by atoms with Crippen molar-refractivity contribution in [2.24, 2.45) is 17.3 Å². The first kappa shape index (κ1) is 12.7. The quantitative estimate of drug-likeness (QED) is 0.542. The average Bonchev–Trinajstić information content (AvgIpc) is 1.99. The molecule has 0 aromatic carbocycles. The molecule has 0 fully saturated rings. The first-order chi connectivity index (χ1) is 5.87. The fraction of sp³-hybridized carbons (Fsp3) is 0.846. The second kappa shape index (κ2) is 5.47.